The predicted octanol–water partition coefficient (Wildman–Crippen LogP) is 7.43. The number of benzene rings is 4. The Kier molecular flexibility index (Phi) is 5.05. The molecule has 0 aliphatic heterocycles. The minimum atomic E-state index is -4.67. The fourth-order valence-electron chi connectivity index (χ4n) is 5.54. The van der Waals surface area contributed by atoms with Crippen LogP contribution in [-0.2, 0) is 0 Å². The van der Waals surface area contributed by atoms with E-state index in [9.17, 15) is 34.2 Å². The number of halogens is 3. The summed E-state index contributed by atoms with van der Waals surface area (Å²) in [6.45, 7) is 0. The minimum Gasteiger partial charge on any atom is -0.297 e. The highest BCUT2D eigenvalue weighted by atomic mass is 19.4. The van der Waals surface area contributed by atoms with Crippen LogP contribution in [0.4, 0.5) is 18.9 Å². The van der Waals surface area contributed by atoms with Gasteiger partial charge in [0.15, 0.2) is 0 Å². The average molecular weight is 511 g/mol. The number of fused-ring (bicyclic) bond motifs is 8. The van der Waals surface area contributed by atoms with Crippen molar-refractivity contribution in [2.75, 3.05) is 5.32 Å². The van der Waals surface area contributed by atoms with Crippen LogP contribution in [0.1, 0.15) is 22.3 Å². The van der Waals surface area contributed by atoms with Crippen LogP contribution in [0.25, 0.3) is 44.2 Å². The van der Waals surface area contributed by atoms with E-state index in [1.54, 1.807) is 6.07 Å². The highest BCUT2D eigenvalue weighted by molar-refractivity contribution is 6.16. The summed E-state index contributed by atoms with van der Waals surface area (Å²) in [5.41, 5.74) is 4.90. The molecule has 4 aromatic carbocycles. The Hall–Kier alpha value is -5.83. The van der Waals surface area contributed by atoms with E-state index in [-0.39, 0.29) is 22.4 Å². The van der Waals surface area contributed by atoms with Crippen molar-refractivity contribution in [3.8, 4) is 46.5 Å². The number of hydrogen-bond donors (Lipinski definition) is 1. The second-order valence-corrected chi connectivity index (χ2v) is 8.98. The Bertz CT molecular complexity index is 1990. The number of anilines is 1. The van der Waals surface area contributed by atoms with Gasteiger partial charge in [0.25, 0.3) is 0 Å². The van der Waals surface area contributed by atoms with Gasteiger partial charge in [0.05, 0.1) is 0 Å². The van der Waals surface area contributed by atoms with Crippen molar-refractivity contribution in [2.24, 2.45) is 0 Å². The lowest BCUT2D eigenvalue weighted by atomic mass is 9.92. The van der Waals surface area contributed by atoms with Gasteiger partial charge < -0.3 is 0 Å². The second kappa shape index (κ2) is 8.35. The van der Waals surface area contributed by atoms with Crippen molar-refractivity contribution in [3.05, 3.63) is 100 Å². The maximum Gasteiger partial charge on any atom is 0.482 e. The van der Waals surface area contributed by atoms with E-state index in [2.05, 4.69) is 0 Å². The lowest BCUT2D eigenvalue weighted by molar-refractivity contribution is -0.0999. The van der Waals surface area contributed by atoms with Gasteiger partial charge in [0.1, 0.15) is 35.4 Å². The topological polar surface area (TPSA) is 107 Å². The summed E-state index contributed by atoms with van der Waals surface area (Å²) < 4.78 is 39.2. The van der Waals surface area contributed by atoms with Gasteiger partial charge >= 0.3 is 6.30 Å². The standard InChI is InChI=1S/C31H12F3N5/c32-31(33,34)39-19-6-8-21-23-10-27-26(11-25(23)29(24(21)9-19)18(14-37)15-38)28(17(12-35)13-36)22-7-5-16-3-1-2-4-20(16)30(22)27/h1-11,39H. The van der Waals surface area contributed by atoms with Crippen LogP contribution in [0, 0.1) is 45.3 Å². The molecule has 0 aromatic heterocycles. The summed E-state index contributed by atoms with van der Waals surface area (Å²) in [6.07, 6.45) is -4.67. The first-order valence-electron chi connectivity index (χ1n) is 11.6. The fraction of sp³-hybridized carbons (Fsp3) is 0.0323. The average Bonchev–Trinajstić information content (AvgIpc) is 3.41. The molecule has 0 unspecified atom stereocenters. The normalized spacial score (nSPS) is 12.3. The van der Waals surface area contributed by atoms with Gasteiger partial charge in [-0.2, -0.15) is 34.2 Å². The lowest BCUT2D eigenvalue weighted by Crippen LogP contribution is -2.20. The van der Waals surface area contributed by atoms with Crippen LogP contribution in [-0.4, -0.2) is 6.30 Å². The molecule has 2 aliphatic rings. The van der Waals surface area contributed by atoms with E-state index >= 15 is 0 Å². The largest absolute Gasteiger partial charge is 0.482 e. The zero-order valence-corrected chi connectivity index (χ0v) is 19.8. The van der Waals surface area contributed by atoms with Crippen molar-refractivity contribution in [1.29, 1.82) is 21.0 Å². The summed E-state index contributed by atoms with van der Waals surface area (Å²) in [5, 5.41) is 42.4. The Morgan fingerprint density at radius 1 is 0.590 bits per heavy atom. The van der Waals surface area contributed by atoms with Crippen molar-refractivity contribution in [3.63, 3.8) is 0 Å². The molecule has 2 aliphatic carbocycles. The molecule has 0 atom stereocenters. The van der Waals surface area contributed by atoms with E-state index in [1.807, 2.05) is 66.7 Å². The molecule has 6 rings (SSSR count). The van der Waals surface area contributed by atoms with Crippen molar-refractivity contribution in [2.45, 2.75) is 6.30 Å². The maximum absolute atomic E-state index is 13.1. The van der Waals surface area contributed by atoms with Crippen LogP contribution in [0.5, 0.6) is 0 Å². The van der Waals surface area contributed by atoms with Crippen LogP contribution in [0.2, 0.25) is 0 Å². The number of hydrogen-bond acceptors (Lipinski definition) is 5. The third-order valence-corrected chi connectivity index (χ3v) is 6.98. The van der Waals surface area contributed by atoms with Gasteiger partial charge in [0.2, 0.25) is 0 Å². The van der Waals surface area contributed by atoms with Crippen LogP contribution < -0.4 is 5.32 Å². The van der Waals surface area contributed by atoms with Crippen molar-refractivity contribution >= 4 is 27.6 Å². The van der Waals surface area contributed by atoms with E-state index in [4.69, 9.17) is 0 Å². The molecule has 182 valence electrons. The van der Waals surface area contributed by atoms with Crippen molar-refractivity contribution in [1.82, 2.24) is 0 Å². The molecule has 0 saturated heterocycles. The quantitative estimate of drug-likeness (QED) is 0.182. The van der Waals surface area contributed by atoms with Gasteiger partial charge in [-0.15, -0.1) is 0 Å². The lowest BCUT2D eigenvalue weighted by Gasteiger charge is -2.11. The van der Waals surface area contributed by atoms with Gasteiger partial charge in [-0.1, -0.05) is 42.5 Å². The molecule has 0 saturated carbocycles. The number of allylic oxidation sites excluding steroid dienone is 2. The molecule has 0 fully saturated rings. The summed E-state index contributed by atoms with van der Waals surface area (Å²) in [7, 11) is 0. The number of nitriles is 4. The summed E-state index contributed by atoms with van der Waals surface area (Å²) in [4.78, 5) is 0. The molecule has 0 spiro atoms. The molecule has 4 aromatic rings. The van der Waals surface area contributed by atoms with Gasteiger partial charge in [-0.3, -0.25) is 5.32 Å². The smallest absolute Gasteiger partial charge is 0.297 e. The molecule has 8 heteroatoms. The third kappa shape index (κ3) is 3.45. The van der Waals surface area contributed by atoms with Crippen LogP contribution in [0.3, 0.4) is 0 Å². The zero-order chi connectivity index (χ0) is 27.5. The summed E-state index contributed by atoms with van der Waals surface area (Å²) in [6, 6.07) is 26.9. The Labute approximate surface area is 220 Å². The van der Waals surface area contributed by atoms with E-state index in [1.165, 1.54) is 23.5 Å². The Morgan fingerprint density at radius 3 is 1.82 bits per heavy atom. The molecule has 0 radical (unpaired) electrons. The van der Waals surface area contributed by atoms with Crippen LogP contribution >= 0.6 is 0 Å². The zero-order valence-electron chi connectivity index (χ0n) is 19.8. The van der Waals surface area contributed by atoms with E-state index in [0.717, 1.165) is 21.9 Å². The maximum atomic E-state index is 13.1. The van der Waals surface area contributed by atoms with Gasteiger partial charge in [-0.05, 0) is 79.5 Å². The SMILES string of the molecule is N#CC(C#N)=C1c2cc(NC(F)(F)F)ccc2-c2cc3c(cc21)C(=C(C#N)C#N)c1ccc2ccccc2c1-3. The first-order chi connectivity index (χ1) is 18.8. The molecule has 0 heterocycles. The Balaban J connectivity index is 1.73. The van der Waals surface area contributed by atoms with E-state index < -0.39 is 6.30 Å². The van der Waals surface area contributed by atoms with E-state index in [0.29, 0.717) is 39.0 Å². The molecule has 5 nitrogen and oxygen atoms in total. The fourth-order valence-corrected chi connectivity index (χ4v) is 5.54. The molecule has 0 amide bonds. The van der Waals surface area contributed by atoms with Gasteiger partial charge in [0, 0.05) is 16.8 Å². The third-order valence-electron chi connectivity index (χ3n) is 6.98. The number of alkyl halides is 3. The first-order valence-corrected chi connectivity index (χ1v) is 11.6. The van der Waals surface area contributed by atoms with Crippen molar-refractivity contribution < 1.29 is 13.2 Å². The first kappa shape index (κ1) is 23.6. The summed E-state index contributed by atoms with van der Waals surface area (Å²) in [5.74, 6) is 0. The highest BCUT2D eigenvalue weighted by Crippen LogP contribution is 2.55. The highest BCUT2D eigenvalue weighted by Gasteiger charge is 2.35. The molecular formula is C31H12F3N5. The second-order valence-electron chi connectivity index (χ2n) is 8.98. The predicted molar refractivity (Wildman–Crippen MR) is 139 cm³/mol. The molecular weight excluding hydrogens is 499 g/mol. The number of rotatable bonds is 1. The van der Waals surface area contributed by atoms with Gasteiger partial charge in [-0.25, -0.2) is 0 Å². The number of nitrogens with one attached hydrogen (secondary N) is 1. The number of nitrogens with zero attached hydrogens (tertiary/aromatic N) is 4. The molecule has 1 N–H and O–H groups in total. The van der Waals surface area contributed by atoms with Crippen LogP contribution in [0.15, 0.2) is 77.9 Å². The minimum absolute atomic E-state index is 0.0938. The molecule has 0 bridgehead atoms. The Morgan fingerprint density at radius 2 is 1.15 bits per heavy atom. The monoisotopic (exact) mass is 511 g/mol. The molecule has 39 heavy (non-hydrogen) atoms. The summed E-state index contributed by atoms with van der Waals surface area (Å²) >= 11 is 0.